The van der Waals surface area contributed by atoms with Gasteiger partial charge in [-0.25, -0.2) is 0 Å². The van der Waals surface area contributed by atoms with Crippen molar-refractivity contribution in [2.45, 2.75) is 38.5 Å². The van der Waals surface area contributed by atoms with Gasteiger partial charge < -0.3 is 10.4 Å². The van der Waals surface area contributed by atoms with Gasteiger partial charge in [-0.2, -0.15) is 13.2 Å². The summed E-state index contributed by atoms with van der Waals surface area (Å²) < 4.78 is 37.9. The predicted molar refractivity (Wildman–Crippen MR) is 75.8 cm³/mol. The lowest BCUT2D eigenvalue weighted by Crippen LogP contribution is -2.26. The van der Waals surface area contributed by atoms with Crippen LogP contribution in [0.25, 0.3) is 0 Å². The summed E-state index contributed by atoms with van der Waals surface area (Å²) in [6.07, 6.45) is -1.67. The Morgan fingerprint density at radius 1 is 1.33 bits per heavy atom. The molecule has 0 aliphatic heterocycles. The Labute approximate surface area is 123 Å². The van der Waals surface area contributed by atoms with Crippen LogP contribution in [-0.4, -0.2) is 18.2 Å². The van der Waals surface area contributed by atoms with Gasteiger partial charge in [-0.1, -0.05) is 25.5 Å². The molecular formula is C16H22F3NO. The molecule has 1 aromatic carbocycles. The minimum absolute atomic E-state index is 0.284. The van der Waals surface area contributed by atoms with Crippen molar-refractivity contribution in [3.63, 3.8) is 0 Å². The van der Waals surface area contributed by atoms with E-state index in [0.29, 0.717) is 11.5 Å². The van der Waals surface area contributed by atoms with Crippen LogP contribution in [0.2, 0.25) is 0 Å². The maximum absolute atomic E-state index is 12.6. The second-order valence-corrected chi connectivity index (χ2v) is 6.08. The van der Waals surface area contributed by atoms with Crippen molar-refractivity contribution in [1.82, 2.24) is 5.32 Å². The molecule has 0 amide bonds. The molecule has 0 heterocycles. The monoisotopic (exact) mass is 301 g/mol. The molecule has 0 spiro atoms. The van der Waals surface area contributed by atoms with Crippen LogP contribution in [0.1, 0.15) is 43.4 Å². The Morgan fingerprint density at radius 3 is 2.71 bits per heavy atom. The van der Waals surface area contributed by atoms with Gasteiger partial charge in [-0.05, 0) is 48.9 Å². The molecule has 2 nitrogen and oxygen atoms in total. The summed E-state index contributed by atoms with van der Waals surface area (Å²) in [6, 6.07) is 4.90. The molecule has 3 unspecified atom stereocenters. The van der Waals surface area contributed by atoms with E-state index in [1.165, 1.54) is 31.4 Å². The number of benzene rings is 1. The zero-order valence-electron chi connectivity index (χ0n) is 12.2. The van der Waals surface area contributed by atoms with E-state index in [1.54, 1.807) is 0 Å². The van der Waals surface area contributed by atoms with Crippen molar-refractivity contribution in [2.75, 3.05) is 13.1 Å². The highest BCUT2D eigenvalue weighted by Gasteiger charge is 2.30. The second kappa shape index (κ2) is 6.79. The molecule has 21 heavy (non-hydrogen) atoms. The normalized spacial score (nSPS) is 24.2. The molecule has 0 bridgehead atoms. The molecule has 2 rings (SSSR count). The SMILES string of the molecule is CC1CCC(CNCC(O)c2cccc(C(F)(F)F)c2)C1. The molecule has 5 heteroatoms. The molecule has 0 radical (unpaired) electrons. The van der Waals surface area contributed by atoms with Crippen LogP contribution < -0.4 is 5.32 Å². The lowest BCUT2D eigenvalue weighted by molar-refractivity contribution is -0.137. The van der Waals surface area contributed by atoms with Crippen molar-refractivity contribution in [3.8, 4) is 0 Å². The van der Waals surface area contributed by atoms with E-state index in [4.69, 9.17) is 0 Å². The van der Waals surface area contributed by atoms with E-state index in [9.17, 15) is 18.3 Å². The first-order valence-corrected chi connectivity index (χ1v) is 7.42. The smallest absolute Gasteiger partial charge is 0.387 e. The first kappa shape index (κ1) is 16.3. The van der Waals surface area contributed by atoms with Crippen molar-refractivity contribution in [3.05, 3.63) is 35.4 Å². The number of halogens is 3. The predicted octanol–water partition coefficient (Wildman–Crippen LogP) is 3.76. The standard InChI is InChI=1S/C16H22F3NO/c1-11-5-6-12(7-11)9-20-10-15(21)13-3-2-4-14(8-13)16(17,18)19/h2-4,8,11-12,15,20-21H,5-7,9-10H2,1H3. The third kappa shape index (κ3) is 4.71. The van der Waals surface area contributed by atoms with Gasteiger partial charge >= 0.3 is 6.18 Å². The molecular weight excluding hydrogens is 279 g/mol. The van der Waals surface area contributed by atoms with Gasteiger partial charge in [-0.3, -0.25) is 0 Å². The minimum atomic E-state index is -4.37. The van der Waals surface area contributed by atoms with Gasteiger partial charge in [0.15, 0.2) is 0 Å². The summed E-state index contributed by atoms with van der Waals surface area (Å²) in [6.45, 7) is 3.34. The van der Waals surface area contributed by atoms with Crippen LogP contribution in [0.3, 0.4) is 0 Å². The fourth-order valence-electron chi connectivity index (χ4n) is 2.97. The van der Waals surface area contributed by atoms with Crippen molar-refractivity contribution in [2.24, 2.45) is 11.8 Å². The van der Waals surface area contributed by atoms with Crippen molar-refractivity contribution < 1.29 is 18.3 Å². The quantitative estimate of drug-likeness (QED) is 0.868. The number of aliphatic hydroxyl groups is 1. The topological polar surface area (TPSA) is 32.3 Å². The molecule has 1 fully saturated rings. The van der Waals surface area contributed by atoms with E-state index >= 15 is 0 Å². The molecule has 1 aliphatic carbocycles. The number of hydrogen-bond acceptors (Lipinski definition) is 2. The van der Waals surface area contributed by atoms with E-state index < -0.39 is 17.8 Å². The van der Waals surface area contributed by atoms with Gasteiger partial charge in [0, 0.05) is 6.54 Å². The summed E-state index contributed by atoms with van der Waals surface area (Å²) in [5.41, 5.74) is -0.416. The lowest BCUT2D eigenvalue weighted by atomic mass is 10.0. The van der Waals surface area contributed by atoms with E-state index in [1.807, 2.05) is 0 Å². The van der Waals surface area contributed by atoms with Crippen LogP contribution in [0.15, 0.2) is 24.3 Å². The molecule has 1 aliphatic rings. The number of rotatable bonds is 5. The van der Waals surface area contributed by atoms with Crippen LogP contribution >= 0.6 is 0 Å². The highest BCUT2D eigenvalue weighted by atomic mass is 19.4. The zero-order chi connectivity index (χ0) is 15.5. The number of aliphatic hydroxyl groups excluding tert-OH is 1. The van der Waals surface area contributed by atoms with Crippen LogP contribution in [0, 0.1) is 11.8 Å². The second-order valence-electron chi connectivity index (χ2n) is 6.08. The summed E-state index contributed by atoms with van der Waals surface area (Å²) in [5, 5.41) is 13.2. The average molecular weight is 301 g/mol. The molecule has 1 saturated carbocycles. The molecule has 0 aromatic heterocycles. The lowest BCUT2D eigenvalue weighted by Gasteiger charge is -2.16. The highest BCUT2D eigenvalue weighted by Crippen LogP contribution is 2.31. The van der Waals surface area contributed by atoms with Crippen LogP contribution in [-0.2, 0) is 6.18 Å². The van der Waals surface area contributed by atoms with Gasteiger partial charge in [0.1, 0.15) is 0 Å². The summed E-state index contributed by atoms with van der Waals surface area (Å²) in [7, 11) is 0. The van der Waals surface area contributed by atoms with Gasteiger partial charge in [-0.15, -0.1) is 0 Å². The van der Waals surface area contributed by atoms with E-state index in [0.717, 1.165) is 24.6 Å². The van der Waals surface area contributed by atoms with Crippen LogP contribution in [0.4, 0.5) is 13.2 Å². The number of nitrogens with one attached hydrogen (secondary N) is 1. The van der Waals surface area contributed by atoms with E-state index in [2.05, 4.69) is 12.2 Å². The fourth-order valence-corrected chi connectivity index (χ4v) is 2.97. The Kier molecular flexibility index (Phi) is 5.27. The van der Waals surface area contributed by atoms with Gasteiger partial charge in [0.25, 0.3) is 0 Å². The Morgan fingerprint density at radius 2 is 2.10 bits per heavy atom. The first-order chi connectivity index (χ1) is 9.86. The molecule has 1 aromatic rings. The first-order valence-electron chi connectivity index (χ1n) is 7.42. The average Bonchev–Trinajstić information content (AvgIpc) is 2.83. The number of alkyl halides is 3. The minimum Gasteiger partial charge on any atom is -0.387 e. The third-order valence-corrected chi connectivity index (χ3v) is 4.17. The molecule has 2 N–H and O–H groups in total. The van der Waals surface area contributed by atoms with E-state index in [-0.39, 0.29) is 6.54 Å². The maximum Gasteiger partial charge on any atom is 0.416 e. The third-order valence-electron chi connectivity index (χ3n) is 4.17. The Balaban J connectivity index is 1.84. The van der Waals surface area contributed by atoms with Crippen molar-refractivity contribution >= 4 is 0 Å². The molecule has 118 valence electrons. The van der Waals surface area contributed by atoms with Crippen molar-refractivity contribution in [1.29, 1.82) is 0 Å². The summed E-state index contributed by atoms with van der Waals surface area (Å²) in [4.78, 5) is 0. The number of hydrogen-bond donors (Lipinski definition) is 2. The maximum atomic E-state index is 12.6. The Bertz CT molecular complexity index is 461. The summed E-state index contributed by atoms with van der Waals surface area (Å²) >= 11 is 0. The zero-order valence-corrected chi connectivity index (χ0v) is 12.2. The highest BCUT2D eigenvalue weighted by molar-refractivity contribution is 5.27. The molecule has 0 saturated heterocycles. The van der Waals surface area contributed by atoms with Crippen LogP contribution in [0.5, 0.6) is 0 Å². The van der Waals surface area contributed by atoms with Gasteiger partial charge in [0.2, 0.25) is 0 Å². The van der Waals surface area contributed by atoms with Gasteiger partial charge in [0.05, 0.1) is 11.7 Å². The Hall–Kier alpha value is -1.07. The summed E-state index contributed by atoms with van der Waals surface area (Å²) in [5.74, 6) is 1.37. The largest absolute Gasteiger partial charge is 0.416 e. The molecule has 3 atom stereocenters. The fraction of sp³-hybridized carbons (Fsp3) is 0.625.